The predicted molar refractivity (Wildman–Crippen MR) is 100 cm³/mol. The molecule has 4 aromatic rings. The van der Waals surface area contributed by atoms with Crippen LogP contribution in [0.5, 0.6) is 0 Å². The lowest BCUT2D eigenvalue weighted by molar-refractivity contribution is 0.322. The Morgan fingerprint density at radius 2 is 1.96 bits per heavy atom. The first-order valence-electron chi connectivity index (χ1n) is 8.99. The number of para-hydroxylation sites is 1. The summed E-state index contributed by atoms with van der Waals surface area (Å²) in [6, 6.07) is 14.9. The molecule has 3 heterocycles. The molecule has 1 aliphatic heterocycles. The second-order valence-electron chi connectivity index (χ2n) is 6.92. The van der Waals surface area contributed by atoms with Gasteiger partial charge in [-0.15, -0.1) is 5.10 Å². The number of benzene rings is 2. The van der Waals surface area contributed by atoms with Crippen LogP contribution in [0.1, 0.15) is 12.8 Å². The van der Waals surface area contributed by atoms with Crippen LogP contribution in [0, 0.1) is 5.92 Å². The quantitative estimate of drug-likeness (QED) is 0.603. The number of aromatic amines is 1. The fourth-order valence-electron chi connectivity index (χ4n) is 3.89. The number of nitrogens with zero attached hydrogens (tertiary/aromatic N) is 3. The van der Waals surface area contributed by atoms with Gasteiger partial charge in [-0.05, 0) is 55.6 Å². The van der Waals surface area contributed by atoms with E-state index in [4.69, 9.17) is 0 Å². The van der Waals surface area contributed by atoms with Crippen molar-refractivity contribution in [3.63, 3.8) is 0 Å². The van der Waals surface area contributed by atoms with Crippen LogP contribution in [0.15, 0.2) is 48.7 Å². The van der Waals surface area contributed by atoms with Crippen LogP contribution in [-0.2, 0) is 6.54 Å². The van der Waals surface area contributed by atoms with Crippen molar-refractivity contribution in [3.8, 4) is 11.1 Å². The van der Waals surface area contributed by atoms with Gasteiger partial charge in [0.25, 0.3) is 0 Å². The Bertz CT molecular complexity index is 1020. The third-order valence-electron chi connectivity index (χ3n) is 5.30. The summed E-state index contributed by atoms with van der Waals surface area (Å²) in [5.74, 6) is 0.694. The van der Waals surface area contributed by atoms with E-state index < -0.39 is 0 Å². The molecule has 0 radical (unpaired) electrons. The van der Waals surface area contributed by atoms with Gasteiger partial charge in [0.2, 0.25) is 0 Å². The third-order valence-corrected chi connectivity index (χ3v) is 5.30. The SMILES string of the molecule is c1ccc2c(-c3ccc4c(c3)nnn4CC3CCNCC3)c[nH]c2c1. The minimum atomic E-state index is 0.694. The van der Waals surface area contributed by atoms with Gasteiger partial charge in [0, 0.05) is 29.2 Å². The predicted octanol–water partition coefficient (Wildman–Crippen LogP) is 3.58. The summed E-state index contributed by atoms with van der Waals surface area (Å²) in [4.78, 5) is 3.35. The molecule has 25 heavy (non-hydrogen) atoms. The van der Waals surface area contributed by atoms with E-state index in [1.165, 1.54) is 29.4 Å². The lowest BCUT2D eigenvalue weighted by Gasteiger charge is -2.22. The van der Waals surface area contributed by atoms with Crippen molar-refractivity contribution in [1.82, 2.24) is 25.3 Å². The number of hydrogen-bond donors (Lipinski definition) is 2. The minimum Gasteiger partial charge on any atom is -0.361 e. The maximum absolute atomic E-state index is 4.42. The summed E-state index contributed by atoms with van der Waals surface area (Å²) < 4.78 is 2.07. The van der Waals surface area contributed by atoms with Gasteiger partial charge in [-0.2, -0.15) is 0 Å². The first-order chi connectivity index (χ1) is 12.4. The highest BCUT2D eigenvalue weighted by Gasteiger charge is 2.16. The Kier molecular flexibility index (Phi) is 3.52. The Morgan fingerprint density at radius 3 is 2.88 bits per heavy atom. The molecule has 0 spiro atoms. The first kappa shape index (κ1) is 14.7. The van der Waals surface area contributed by atoms with E-state index in [0.29, 0.717) is 5.92 Å². The van der Waals surface area contributed by atoms with Crippen molar-refractivity contribution < 1.29 is 0 Å². The number of fused-ring (bicyclic) bond motifs is 2. The number of piperidine rings is 1. The Morgan fingerprint density at radius 1 is 1.08 bits per heavy atom. The first-order valence-corrected chi connectivity index (χ1v) is 8.99. The van der Waals surface area contributed by atoms with Crippen LogP contribution >= 0.6 is 0 Å². The monoisotopic (exact) mass is 331 g/mol. The standard InChI is InChI=1S/C20H21N5/c1-2-4-18-16(3-1)17(12-22-18)15-5-6-20-19(11-15)23-24-25(20)13-14-7-9-21-10-8-14/h1-6,11-12,14,21-22H,7-10,13H2. The molecule has 0 atom stereocenters. The van der Waals surface area contributed by atoms with Crippen LogP contribution in [0.2, 0.25) is 0 Å². The van der Waals surface area contributed by atoms with Crippen molar-refractivity contribution in [2.24, 2.45) is 5.92 Å². The molecule has 1 aliphatic rings. The van der Waals surface area contributed by atoms with E-state index in [1.807, 2.05) is 0 Å². The molecule has 126 valence electrons. The zero-order valence-corrected chi connectivity index (χ0v) is 14.1. The van der Waals surface area contributed by atoms with Crippen LogP contribution < -0.4 is 5.32 Å². The minimum absolute atomic E-state index is 0.694. The van der Waals surface area contributed by atoms with Crippen LogP contribution in [0.4, 0.5) is 0 Å². The van der Waals surface area contributed by atoms with Crippen molar-refractivity contribution in [1.29, 1.82) is 0 Å². The Hall–Kier alpha value is -2.66. The van der Waals surface area contributed by atoms with Crippen molar-refractivity contribution in [2.45, 2.75) is 19.4 Å². The van der Waals surface area contributed by atoms with Crippen molar-refractivity contribution in [2.75, 3.05) is 13.1 Å². The fraction of sp³-hybridized carbons (Fsp3) is 0.300. The van der Waals surface area contributed by atoms with Gasteiger partial charge in [-0.3, -0.25) is 0 Å². The molecular formula is C20H21N5. The van der Waals surface area contributed by atoms with Gasteiger partial charge in [0.05, 0.1) is 5.52 Å². The van der Waals surface area contributed by atoms with E-state index in [9.17, 15) is 0 Å². The lowest BCUT2D eigenvalue weighted by Crippen LogP contribution is -2.30. The second-order valence-corrected chi connectivity index (χ2v) is 6.92. The van der Waals surface area contributed by atoms with Crippen LogP contribution in [0.3, 0.4) is 0 Å². The van der Waals surface area contributed by atoms with E-state index >= 15 is 0 Å². The number of hydrogen-bond acceptors (Lipinski definition) is 3. The zero-order chi connectivity index (χ0) is 16.6. The van der Waals surface area contributed by atoms with Crippen molar-refractivity contribution in [3.05, 3.63) is 48.7 Å². The van der Waals surface area contributed by atoms with Gasteiger partial charge in [0.1, 0.15) is 5.52 Å². The Balaban J connectivity index is 1.50. The maximum Gasteiger partial charge on any atom is 0.113 e. The molecule has 5 rings (SSSR count). The molecule has 0 aliphatic carbocycles. The summed E-state index contributed by atoms with van der Waals surface area (Å²) in [7, 11) is 0. The number of nitrogens with one attached hydrogen (secondary N) is 2. The normalized spacial score (nSPS) is 16.0. The number of H-pyrrole nitrogens is 1. The topological polar surface area (TPSA) is 58.5 Å². The molecule has 0 unspecified atom stereocenters. The highest BCUT2D eigenvalue weighted by atomic mass is 15.4. The van der Waals surface area contributed by atoms with Gasteiger partial charge in [0.15, 0.2) is 0 Å². The molecule has 0 bridgehead atoms. The molecule has 2 N–H and O–H groups in total. The van der Waals surface area contributed by atoms with Crippen LogP contribution in [0.25, 0.3) is 33.1 Å². The molecular weight excluding hydrogens is 310 g/mol. The third kappa shape index (κ3) is 2.61. The molecule has 5 nitrogen and oxygen atoms in total. The average molecular weight is 331 g/mol. The van der Waals surface area contributed by atoms with E-state index in [2.05, 4.69) is 74.0 Å². The van der Waals surface area contributed by atoms with Gasteiger partial charge >= 0.3 is 0 Å². The number of aromatic nitrogens is 4. The van der Waals surface area contributed by atoms with Gasteiger partial charge in [-0.25, -0.2) is 4.68 Å². The fourth-order valence-corrected chi connectivity index (χ4v) is 3.89. The molecule has 1 saturated heterocycles. The smallest absolute Gasteiger partial charge is 0.113 e. The lowest BCUT2D eigenvalue weighted by atomic mass is 9.98. The summed E-state index contributed by atoms with van der Waals surface area (Å²) in [5, 5.41) is 13.5. The largest absolute Gasteiger partial charge is 0.361 e. The summed E-state index contributed by atoms with van der Waals surface area (Å²) in [6.07, 6.45) is 4.51. The van der Waals surface area contributed by atoms with E-state index in [0.717, 1.165) is 36.2 Å². The molecule has 0 saturated carbocycles. The second kappa shape index (κ2) is 6.01. The summed E-state index contributed by atoms with van der Waals surface area (Å²) in [5.41, 5.74) is 5.65. The van der Waals surface area contributed by atoms with Crippen molar-refractivity contribution >= 4 is 21.9 Å². The molecule has 5 heteroatoms. The van der Waals surface area contributed by atoms with Crippen LogP contribution in [-0.4, -0.2) is 33.1 Å². The summed E-state index contributed by atoms with van der Waals surface area (Å²) >= 11 is 0. The zero-order valence-electron chi connectivity index (χ0n) is 14.1. The van der Waals surface area contributed by atoms with Gasteiger partial charge < -0.3 is 10.3 Å². The highest BCUT2D eigenvalue weighted by Crippen LogP contribution is 2.30. The molecule has 0 amide bonds. The summed E-state index contributed by atoms with van der Waals surface area (Å²) in [6.45, 7) is 3.19. The molecule has 1 fully saturated rings. The van der Waals surface area contributed by atoms with E-state index in [1.54, 1.807) is 0 Å². The highest BCUT2D eigenvalue weighted by molar-refractivity contribution is 5.97. The Labute approximate surface area is 146 Å². The maximum atomic E-state index is 4.42. The van der Waals surface area contributed by atoms with Gasteiger partial charge in [-0.1, -0.05) is 29.5 Å². The molecule has 2 aromatic carbocycles. The molecule has 2 aromatic heterocycles. The number of rotatable bonds is 3. The van der Waals surface area contributed by atoms with E-state index in [-0.39, 0.29) is 0 Å². The average Bonchev–Trinajstić information content (AvgIpc) is 3.26.